The molecule has 0 fully saturated rings. The summed E-state index contributed by atoms with van der Waals surface area (Å²) in [6.45, 7) is 4.50. The van der Waals surface area contributed by atoms with Crippen LogP contribution in [0.15, 0.2) is 60.8 Å². The van der Waals surface area contributed by atoms with Crippen LogP contribution >= 0.6 is 7.82 Å². The highest BCUT2D eigenvalue weighted by Gasteiger charge is 2.28. The van der Waals surface area contributed by atoms with Gasteiger partial charge in [0.15, 0.2) is 6.10 Å². The van der Waals surface area contributed by atoms with Gasteiger partial charge in [-0.2, -0.15) is 0 Å². The molecule has 0 saturated carbocycles. The number of ether oxygens (including phenoxy) is 3. The third-order valence-corrected chi connectivity index (χ3v) is 13.4. The van der Waals surface area contributed by atoms with E-state index < -0.39 is 57.8 Å². The van der Waals surface area contributed by atoms with Gasteiger partial charge in [-0.1, -0.05) is 223 Å². The summed E-state index contributed by atoms with van der Waals surface area (Å²) in [5.41, 5.74) is 0. The molecular formula is C60H107O11P. The first-order valence-electron chi connectivity index (χ1n) is 29.2. The largest absolute Gasteiger partial charge is 0.472 e. The van der Waals surface area contributed by atoms with Crippen LogP contribution in [0.25, 0.3) is 0 Å². The van der Waals surface area contributed by atoms with Crippen molar-refractivity contribution in [3.63, 3.8) is 0 Å². The maximum atomic E-state index is 12.9. The normalized spacial score (nSPS) is 13.8. The number of esters is 3. The first-order valence-corrected chi connectivity index (χ1v) is 30.7. The Morgan fingerprint density at radius 3 is 1.14 bits per heavy atom. The van der Waals surface area contributed by atoms with Crippen LogP contribution in [0.2, 0.25) is 0 Å². The number of allylic oxidation sites excluding steroid dienone is 10. The van der Waals surface area contributed by atoms with E-state index in [1.54, 1.807) is 0 Å². The topological polar surface area (TPSA) is 155 Å². The number of phosphoric ester groups is 1. The first-order chi connectivity index (χ1) is 35.2. The number of rotatable bonds is 54. The van der Waals surface area contributed by atoms with Gasteiger partial charge in [0, 0.05) is 19.3 Å². The monoisotopic (exact) mass is 1030 g/mol. The van der Waals surface area contributed by atoms with Gasteiger partial charge in [-0.05, 0) is 83.5 Å². The molecule has 0 amide bonds. The Balaban J connectivity index is 4.73. The van der Waals surface area contributed by atoms with Crippen LogP contribution in [0, 0.1) is 0 Å². The Bertz CT molecular complexity index is 1440. The third-order valence-electron chi connectivity index (χ3n) is 12.4. The minimum absolute atomic E-state index is 0.148. The quantitative estimate of drug-likeness (QED) is 0.0197. The van der Waals surface area contributed by atoms with Crippen molar-refractivity contribution < 1.29 is 52.2 Å². The fraction of sp³-hybridized carbons (Fsp3) is 0.783. The van der Waals surface area contributed by atoms with Crippen molar-refractivity contribution in [1.29, 1.82) is 0 Å². The van der Waals surface area contributed by atoms with E-state index >= 15 is 0 Å². The smallest absolute Gasteiger partial charge is 0.462 e. The van der Waals surface area contributed by atoms with E-state index in [1.165, 1.54) is 89.9 Å². The van der Waals surface area contributed by atoms with E-state index in [0.29, 0.717) is 19.3 Å². The molecule has 3 atom stereocenters. The molecule has 0 bridgehead atoms. The van der Waals surface area contributed by atoms with Gasteiger partial charge in [0.2, 0.25) is 0 Å². The lowest BCUT2D eigenvalue weighted by Gasteiger charge is -2.21. The van der Waals surface area contributed by atoms with Gasteiger partial charge in [0.1, 0.15) is 12.7 Å². The van der Waals surface area contributed by atoms with Crippen LogP contribution in [0.5, 0.6) is 0 Å². The predicted molar refractivity (Wildman–Crippen MR) is 298 cm³/mol. The highest BCUT2D eigenvalue weighted by molar-refractivity contribution is 7.47. The molecule has 0 aromatic rings. The van der Waals surface area contributed by atoms with Crippen molar-refractivity contribution >= 4 is 25.7 Å². The summed E-state index contributed by atoms with van der Waals surface area (Å²) < 4.78 is 39.5. The zero-order valence-electron chi connectivity index (χ0n) is 46.1. The van der Waals surface area contributed by atoms with Crippen LogP contribution < -0.4 is 0 Å². The predicted octanol–water partition coefficient (Wildman–Crippen LogP) is 17.1. The van der Waals surface area contributed by atoms with Gasteiger partial charge in [0.25, 0.3) is 0 Å². The summed E-state index contributed by atoms with van der Waals surface area (Å²) in [6.07, 6.45) is 58.9. The van der Waals surface area contributed by atoms with Crippen LogP contribution in [0.1, 0.15) is 265 Å². The molecular weight excluding hydrogens is 928 g/mol. The maximum Gasteiger partial charge on any atom is 0.472 e. The van der Waals surface area contributed by atoms with Crippen LogP contribution in [-0.2, 0) is 42.2 Å². The number of aliphatic hydroxyl groups excluding tert-OH is 1. The fourth-order valence-corrected chi connectivity index (χ4v) is 8.77. The van der Waals surface area contributed by atoms with E-state index in [2.05, 4.69) is 81.5 Å². The fourth-order valence-electron chi connectivity index (χ4n) is 7.99. The standard InChI is InChI=1S/C60H107O11P/c1-4-7-10-13-16-19-22-25-28-31-34-37-40-43-46-49-58(62)67-53-57(71-60(64)51-48-45-42-39-36-33-30-27-24-21-18-15-12-9-6-3)55-69-72(65,66)68-54-56(52-61)70-59(63)50-47-44-41-38-35-32-29-26-23-20-17-14-11-8-5-2/h9,12,17-18,20-21,26-27,29-30,56-57,61H,4-8,10-11,13-16,19,22-25,28,31-55H2,1-3H3,(H,65,66)/b12-9-,20-17-,21-18-,29-26-,30-27-. The van der Waals surface area contributed by atoms with Crippen molar-refractivity contribution in [3.05, 3.63) is 60.8 Å². The summed E-state index contributed by atoms with van der Waals surface area (Å²) in [4.78, 5) is 48.5. The second-order valence-electron chi connectivity index (χ2n) is 19.4. The molecule has 72 heavy (non-hydrogen) atoms. The molecule has 0 rings (SSSR count). The number of carbonyl (C=O) groups excluding carboxylic acids is 3. The van der Waals surface area contributed by atoms with E-state index in [0.717, 1.165) is 116 Å². The van der Waals surface area contributed by atoms with Gasteiger partial charge in [0.05, 0.1) is 19.8 Å². The molecule has 0 aliphatic carbocycles. The molecule has 0 aromatic heterocycles. The highest BCUT2D eigenvalue weighted by atomic mass is 31.2. The number of hydrogen-bond acceptors (Lipinski definition) is 10. The SMILES string of the molecule is CC/C=C\C/C=C\C/C=C\CCCCCCCC(=O)OC(COC(=O)CCCCCCCCCCCCCCCCC)COP(=O)(O)OCC(CO)OC(=O)CCCCCCC/C=C\C/C=C\CCCCC. The first kappa shape index (κ1) is 69.2. The van der Waals surface area contributed by atoms with E-state index in [1.807, 2.05) is 0 Å². The lowest BCUT2D eigenvalue weighted by Crippen LogP contribution is -2.30. The molecule has 0 radical (unpaired) electrons. The summed E-state index contributed by atoms with van der Waals surface area (Å²) >= 11 is 0. The number of aliphatic hydroxyl groups is 1. The Hall–Kier alpha value is -2.82. The van der Waals surface area contributed by atoms with Gasteiger partial charge >= 0.3 is 25.7 Å². The number of carbonyl (C=O) groups is 3. The van der Waals surface area contributed by atoms with Gasteiger partial charge in [-0.3, -0.25) is 23.4 Å². The molecule has 0 aromatic carbocycles. The van der Waals surface area contributed by atoms with E-state index in [-0.39, 0.29) is 25.9 Å². The zero-order chi connectivity index (χ0) is 52.7. The van der Waals surface area contributed by atoms with Crippen LogP contribution in [0.4, 0.5) is 0 Å². The Morgan fingerprint density at radius 1 is 0.403 bits per heavy atom. The molecule has 0 spiro atoms. The van der Waals surface area contributed by atoms with Crippen molar-refractivity contribution in [1.82, 2.24) is 0 Å². The van der Waals surface area contributed by atoms with Gasteiger partial charge < -0.3 is 24.2 Å². The minimum Gasteiger partial charge on any atom is -0.462 e. The average Bonchev–Trinajstić information content (AvgIpc) is 3.37. The molecule has 11 nitrogen and oxygen atoms in total. The lowest BCUT2D eigenvalue weighted by molar-refractivity contribution is -0.161. The van der Waals surface area contributed by atoms with Crippen molar-refractivity contribution in [2.24, 2.45) is 0 Å². The third kappa shape index (κ3) is 52.1. The van der Waals surface area contributed by atoms with Crippen molar-refractivity contribution in [3.8, 4) is 0 Å². The van der Waals surface area contributed by atoms with Crippen LogP contribution in [-0.4, -0.2) is 66.5 Å². The second-order valence-corrected chi connectivity index (χ2v) is 20.9. The molecule has 0 saturated heterocycles. The second kappa shape index (κ2) is 54.4. The van der Waals surface area contributed by atoms with E-state index in [9.17, 15) is 28.9 Å². The summed E-state index contributed by atoms with van der Waals surface area (Å²) in [5, 5.41) is 9.81. The molecule has 0 heterocycles. The van der Waals surface area contributed by atoms with Gasteiger partial charge in [-0.25, -0.2) is 4.57 Å². The maximum absolute atomic E-state index is 12.9. The lowest BCUT2D eigenvalue weighted by atomic mass is 10.0. The Morgan fingerprint density at radius 2 is 0.722 bits per heavy atom. The highest BCUT2D eigenvalue weighted by Crippen LogP contribution is 2.43. The molecule has 3 unspecified atom stereocenters. The zero-order valence-corrected chi connectivity index (χ0v) is 47.0. The Labute approximate surface area is 440 Å². The average molecular weight is 1040 g/mol. The van der Waals surface area contributed by atoms with Crippen molar-refractivity contribution in [2.45, 2.75) is 277 Å². The van der Waals surface area contributed by atoms with Crippen LogP contribution in [0.3, 0.4) is 0 Å². The van der Waals surface area contributed by atoms with Gasteiger partial charge in [-0.15, -0.1) is 0 Å². The Kier molecular flexibility index (Phi) is 52.3. The number of unbranched alkanes of at least 4 members (excludes halogenated alkanes) is 27. The molecule has 0 aliphatic rings. The minimum atomic E-state index is -4.75. The van der Waals surface area contributed by atoms with E-state index in [4.69, 9.17) is 23.3 Å². The summed E-state index contributed by atoms with van der Waals surface area (Å²) in [5.74, 6) is -1.49. The number of phosphoric acid groups is 1. The summed E-state index contributed by atoms with van der Waals surface area (Å²) in [6, 6.07) is 0. The molecule has 0 aliphatic heterocycles. The molecule has 2 N–H and O–H groups in total. The number of hydrogen-bond donors (Lipinski definition) is 2. The molecule has 418 valence electrons. The summed E-state index contributed by atoms with van der Waals surface area (Å²) in [7, 11) is -4.75. The molecule has 12 heteroatoms. The van der Waals surface area contributed by atoms with Crippen molar-refractivity contribution in [2.75, 3.05) is 26.4 Å².